The molecule has 0 aliphatic rings. The Hall–Kier alpha value is -0.540. The first-order chi connectivity index (χ1) is 6.65. The van der Waals surface area contributed by atoms with E-state index in [1.54, 1.807) is 17.8 Å². The molecule has 3 heteroatoms. The molecule has 1 atom stereocenters. The van der Waals surface area contributed by atoms with Crippen LogP contribution < -0.4 is 5.73 Å². The summed E-state index contributed by atoms with van der Waals surface area (Å²) >= 11 is 1.81. The predicted octanol–water partition coefficient (Wildman–Crippen LogP) is 2.89. The molecule has 0 aliphatic heterocycles. The van der Waals surface area contributed by atoms with Gasteiger partial charge in [0.1, 0.15) is 5.82 Å². The Labute approximate surface area is 88.9 Å². The summed E-state index contributed by atoms with van der Waals surface area (Å²) in [5, 5.41) is 0. The molecule has 14 heavy (non-hydrogen) atoms. The van der Waals surface area contributed by atoms with Crippen LogP contribution >= 0.6 is 11.8 Å². The van der Waals surface area contributed by atoms with Gasteiger partial charge in [0.05, 0.1) is 0 Å². The second kappa shape index (κ2) is 5.37. The summed E-state index contributed by atoms with van der Waals surface area (Å²) in [4.78, 5) is 0. The van der Waals surface area contributed by atoms with Gasteiger partial charge in [-0.3, -0.25) is 0 Å². The molecular formula is C11H16FNS. The molecule has 1 rings (SSSR count). The van der Waals surface area contributed by atoms with E-state index in [0.717, 1.165) is 22.6 Å². The van der Waals surface area contributed by atoms with Gasteiger partial charge < -0.3 is 5.73 Å². The minimum atomic E-state index is -0.193. The third-order valence-electron chi connectivity index (χ3n) is 2.13. The van der Waals surface area contributed by atoms with Gasteiger partial charge in [0, 0.05) is 11.8 Å². The highest BCUT2D eigenvalue weighted by Crippen LogP contribution is 2.20. The van der Waals surface area contributed by atoms with Crippen molar-refractivity contribution in [3.05, 3.63) is 35.1 Å². The lowest BCUT2D eigenvalue weighted by atomic mass is 10.0. The topological polar surface area (TPSA) is 26.0 Å². The molecule has 0 radical (unpaired) electrons. The van der Waals surface area contributed by atoms with Crippen molar-refractivity contribution >= 4 is 11.8 Å². The fourth-order valence-electron chi connectivity index (χ4n) is 1.39. The molecule has 0 amide bonds. The Morgan fingerprint density at radius 1 is 1.50 bits per heavy atom. The number of hydrogen-bond acceptors (Lipinski definition) is 2. The third kappa shape index (κ3) is 3.00. The summed E-state index contributed by atoms with van der Waals surface area (Å²) in [6.07, 6.45) is 0. The Bertz CT molecular complexity index is 301. The first-order valence-corrected chi connectivity index (χ1v) is 5.90. The van der Waals surface area contributed by atoms with Gasteiger partial charge in [-0.05, 0) is 35.9 Å². The fraction of sp³-hybridized carbons (Fsp3) is 0.455. The highest BCUT2D eigenvalue weighted by molar-refractivity contribution is 7.99. The zero-order valence-corrected chi connectivity index (χ0v) is 9.40. The number of thioether (sulfide) groups is 1. The highest BCUT2D eigenvalue weighted by Gasteiger charge is 2.08. The van der Waals surface area contributed by atoms with Crippen LogP contribution in [0.15, 0.2) is 18.2 Å². The summed E-state index contributed by atoms with van der Waals surface area (Å²) < 4.78 is 12.8. The summed E-state index contributed by atoms with van der Waals surface area (Å²) in [5.41, 5.74) is 7.98. The molecule has 0 saturated carbocycles. The minimum Gasteiger partial charge on any atom is -0.323 e. The molecule has 0 aliphatic carbocycles. The van der Waals surface area contributed by atoms with Gasteiger partial charge in [-0.25, -0.2) is 4.39 Å². The molecule has 1 nitrogen and oxygen atoms in total. The quantitative estimate of drug-likeness (QED) is 0.832. The standard InChI is InChI=1S/C11H16FNS/c1-3-14-7-11(13)10-5-4-9(12)6-8(10)2/h4-6,11H,3,7,13H2,1-2H3. The molecule has 0 spiro atoms. The van der Waals surface area contributed by atoms with Crippen LogP contribution in [0.4, 0.5) is 4.39 Å². The Morgan fingerprint density at radius 3 is 2.79 bits per heavy atom. The predicted molar refractivity (Wildman–Crippen MR) is 61.1 cm³/mol. The van der Waals surface area contributed by atoms with Crippen LogP contribution in [0.1, 0.15) is 24.1 Å². The average Bonchev–Trinajstić information content (AvgIpc) is 2.14. The van der Waals surface area contributed by atoms with Gasteiger partial charge in [0.25, 0.3) is 0 Å². The number of halogens is 1. The Kier molecular flexibility index (Phi) is 4.42. The summed E-state index contributed by atoms with van der Waals surface area (Å²) in [6.45, 7) is 4.00. The monoisotopic (exact) mass is 213 g/mol. The largest absolute Gasteiger partial charge is 0.323 e. The van der Waals surface area contributed by atoms with Crippen molar-refractivity contribution in [2.24, 2.45) is 5.73 Å². The number of benzene rings is 1. The smallest absolute Gasteiger partial charge is 0.123 e. The maximum absolute atomic E-state index is 12.8. The van der Waals surface area contributed by atoms with Crippen LogP contribution in [0.2, 0.25) is 0 Å². The molecule has 1 aromatic carbocycles. The van der Waals surface area contributed by atoms with E-state index in [9.17, 15) is 4.39 Å². The van der Waals surface area contributed by atoms with Crippen molar-refractivity contribution in [1.82, 2.24) is 0 Å². The van der Waals surface area contributed by atoms with E-state index in [2.05, 4.69) is 6.92 Å². The Balaban J connectivity index is 2.74. The van der Waals surface area contributed by atoms with Crippen molar-refractivity contribution in [2.75, 3.05) is 11.5 Å². The first-order valence-electron chi connectivity index (χ1n) is 4.74. The number of nitrogens with two attached hydrogens (primary N) is 1. The zero-order chi connectivity index (χ0) is 10.6. The molecule has 0 aromatic heterocycles. The minimum absolute atomic E-state index is 0.0144. The summed E-state index contributed by atoms with van der Waals surface area (Å²) in [6, 6.07) is 4.80. The molecular weight excluding hydrogens is 197 g/mol. The van der Waals surface area contributed by atoms with Crippen molar-refractivity contribution < 1.29 is 4.39 Å². The lowest BCUT2D eigenvalue weighted by Crippen LogP contribution is -2.14. The summed E-state index contributed by atoms with van der Waals surface area (Å²) in [7, 11) is 0. The molecule has 0 saturated heterocycles. The van der Waals surface area contributed by atoms with Crippen molar-refractivity contribution in [2.45, 2.75) is 19.9 Å². The lowest BCUT2D eigenvalue weighted by Gasteiger charge is -2.13. The van der Waals surface area contributed by atoms with Gasteiger partial charge in [0.2, 0.25) is 0 Å². The maximum atomic E-state index is 12.8. The van der Waals surface area contributed by atoms with Crippen molar-refractivity contribution in [1.29, 1.82) is 0 Å². The van der Waals surface area contributed by atoms with Crippen molar-refractivity contribution in [3.63, 3.8) is 0 Å². The highest BCUT2D eigenvalue weighted by atomic mass is 32.2. The van der Waals surface area contributed by atoms with Crippen LogP contribution in [0.3, 0.4) is 0 Å². The molecule has 1 unspecified atom stereocenters. The molecule has 78 valence electrons. The third-order valence-corrected chi connectivity index (χ3v) is 3.14. The summed E-state index contributed by atoms with van der Waals surface area (Å²) in [5.74, 6) is 1.76. The van der Waals surface area contributed by atoms with Gasteiger partial charge in [-0.1, -0.05) is 13.0 Å². The number of aryl methyl sites for hydroxylation is 1. The second-order valence-corrected chi connectivity index (χ2v) is 4.59. The zero-order valence-electron chi connectivity index (χ0n) is 8.59. The molecule has 1 aromatic rings. The van der Waals surface area contributed by atoms with Gasteiger partial charge in [0.15, 0.2) is 0 Å². The molecule has 0 fully saturated rings. The van der Waals surface area contributed by atoms with E-state index in [0.29, 0.717) is 0 Å². The molecule has 0 heterocycles. The second-order valence-electron chi connectivity index (χ2n) is 3.27. The fourth-order valence-corrected chi connectivity index (χ4v) is 2.06. The van der Waals surface area contributed by atoms with E-state index < -0.39 is 0 Å². The molecule has 2 N–H and O–H groups in total. The van der Waals surface area contributed by atoms with E-state index in [4.69, 9.17) is 5.73 Å². The number of hydrogen-bond donors (Lipinski definition) is 1. The van der Waals surface area contributed by atoms with Gasteiger partial charge in [-0.2, -0.15) is 11.8 Å². The maximum Gasteiger partial charge on any atom is 0.123 e. The van der Waals surface area contributed by atoms with E-state index >= 15 is 0 Å². The van der Waals surface area contributed by atoms with Crippen LogP contribution in [-0.4, -0.2) is 11.5 Å². The average molecular weight is 213 g/mol. The van der Waals surface area contributed by atoms with E-state index in [1.807, 2.05) is 6.92 Å². The SMILES string of the molecule is CCSCC(N)c1ccc(F)cc1C. The molecule has 0 bridgehead atoms. The number of rotatable bonds is 4. The van der Waals surface area contributed by atoms with Crippen LogP contribution in [0.5, 0.6) is 0 Å². The van der Waals surface area contributed by atoms with Crippen LogP contribution in [0, 0.1) is 12.7 Å². The van der Waals surface area contributed by atoms with Crippen LogP contribution in [-0.2, 0) is 0 Å². The normalized spacial score (nSPS) is 12.9. The van der Waals surface area contributed by atoms with Gasteiger partial charge in [-0.15, -0.1) is 0 Å². The van der Waals surface area contributed by atoms with Gasteiger partial charge >= 0.3 is 0 Å². The first kappa shape index (κ1) is 11.5. The Morgan fingerprint density at radius 2 is 2.21 bits per heavy atom. The van der Waals surface area contributed by atoms with E-state index in [-0.39, 0.29) is 11.9 Å². The van der Waals surface area contributed by atoms with Crippen molar-refractivity contribution in [3.8, 4) is 0 Å². The van der Waals surface area contributed by atoms with Crippen LogP contribution in [0.25, 0.3) is 0 Å². The lowest BCUT2D eigenvalue weighted by molar-refractivity contribution is 0.624. The van der Waals surface area contributed by atoms with E-state index in [1.165, 1.54) is 12.1 Å².